The molecule has 1 heterocycles. The summed E-state index contributed by atoms with van der Waals surface area (Å²) in [5.41, 5.74) is 12.0. The highest BCUT2D eigenvalue weighted by Crippen LogP contribution is 2.24. The highest BCUT2D eigenvalue weighted by Gasteiger charge is 2.33. The average molecular weight is 554 g/mol. The smallest absolute Gasteiger partial charge is 0.322 e. The molecule has 0 aliphatic rings. The SMILES string of the molecule is C[C@H](N)C(=O)O[C@@H](C[C@@H](CCC(C)(C)O)C(N)=O)[C@H](Cc1cccc(F)c1)NC(=O)c1cnc2ccccc2n1. The number of nitrogens with two attached hydrogens (primary N) is 2. The second kappa shape index (κ2) is 13.4. The van der Waals surface area contributed by atoms with Crippen LogP contribution in [0.5, 0.6) is 0 Å². The topological polar surface area (TPSA) is 171 Å². The molecule has 0 saturated heterocycles. The van der Waals surface area contributed by atoms with Gasteiger partial charge in [-0.1, -0.05) is 24.3 Å². The summed E-state index contributed by atoms with van der Waals surface area (Å²) in [7, 11) is 0. The van der Waals surface area contributed by atoms with Crippen molar-refractivity contribution in [3.8, 4) is 0 Å². The lowest BCUT2D eigenvalue weighted by Crippen LogP contribution is -2.49. The minimum Gasteiger partial charge on any atom is -0.459 e. The summed E-state index contributed by atoms with van der Waals surface area (Å²) < 4.78 is 19.8. The van der Waals surface area contributed by atoms with Crippen LogP contribution >= 0.6 is 0 Å². The standard InChI is InChI=1S/C29H36FN5O5/c1-17(31)28(38)40-25(15-19(26(32)36)11-12-29(2,3)39)23(14-18-7-6-8-20(30)13-18)35-27(37)24-16-33-21-9-4-5-10-22(21)34-24/h4-10,13,16-17,19,23,25,39H,11-12,14-15,31H2,1-3H3,(H2,32,36)(H,35,37)/t17-,19+,23-,25-/m0/s1. The normalized spacial score (nSPS) is 14.7. The van der Waals surface area contributed by atoms with Crippen molar-refractivity contribution in [3.63, 3.8) is 0 Å². The molecule has 4 atom stereocenters. The van der Waals surface area contributed by atoms with E-state index in [0.29, 0.717) is 16.6 Å². The van der Waals surface area contributed by atoms with E-state index in [1.54, 1.807) is 44.2 Å². The summed E-state index contributed by atoms with van der Waals surface area (Å²) in [5, 5.41) is 13.0. The first-order valence-corrected chi connectivity index (χ1v) is 13.1. The largest absolute Gasteiger partial charge is 0.459 e. The summed E-state index contributed by atoms with van der Waals surface area (Å²) >= 11 is 0. The Morgan fingerprint density at radius 3 is 2.45 bits per heavy atom. The van der Waals surface area contributed by atoms with Crippen molar-refractivity contribution < 1.29 is 28.6 Å². The lowest BCUT2D eigenvalue weighted by atomic mass is 9.87. The maximum Gasteiger partial charge on any atom is 0.322 e. The predicted octanol–water partition coefficient (Wildman–Crippen LogP) is 2.41. The summed E-state index contributed by atoms with van der Waals surface area (Å²) in [6.45, 7) is 4.66. The van der Waals surface area contributed by atoms with E-state index in [9.17, 15) is 23.9 Å². The Kier molecular flexibility index (Phi) is 10.2. The number of aliphatic hydroxyl groups is 1. The number of ether oxygens (including phenoxy) is 1. The van der Waals surface area contributed by atoms with Crippen LogP contribution in [0, 0.1) is 11.7 Å². The Balaban J connectivity index is 1.97. The maximum absolute atomic E-state index is 14.0. The first-order valence-electron chi connectivity index (χ1n) is 13.1. The Bertz CT molecular complexity index is 1340. The summed E-state index contributed by atoms with van der Waals surface area (Å²) in [5.74, 6) is -3.28. The third kappa shape index (κ3) is 9.06. The number of nitrogens with zero attached hydrogens (tertiary/aromatic N) is 2. The molecule has 3 rings (SSSR count). The molecule has 40 heavy (non-hydrogen) atoms. The van der Waals surface area contributed by atoms with Crippen molar-refractivity contribution >= 4 is 28.8 Å². The van der Waals surface area contributed by atoms with Crippen molar-refractivity contribution in [3.05, 3.63) is 71.8 Å². The van der Waals surface area contributed by atoms with Crippen LogP contribution in [0.25, 0.3) is 11.0 Å². The number of esters is 1. The monoisotopic (exact) mass is 553 g/mol. The molecule has 0 aliphatic heterocycles. The molecular weight excluding hydrogens is 517 g/mol. The fraction of sp³-hybridized carbons (Fsp3) is 0.414. The number of amides is 2. The number of hydrogen-bond donors (Lipinski definition) is 4. The van der Waals surface area contributed by atoms with Gasteiger partial charge in [0.15, 0.2) is 0 Å². The van der Waals surface area contributed by atoms with Gasteiger partial charge in [0.1, 0.15) is 23.7 Å². The number of primary amides is 1. The number of nitrogens with one attached hydrogen (secondary N) is 1. The van der Waals surface area contributed by atoms with E-state index in [1.807, 2.05) is 0 Å². The lowest BCUT2D eigenvalue weighted by molar-refractivity contribution is -0.153. The van der Waals surface area contributed by atoms with Crippen molar-refractivity contribution in [2.75, 3.05) is 0 Å². The zero-order chi connectivity index (χ0) is 29.4. The Labute approximate surface area is 232 Å². The molecule has 214 valence electrons. The van der Waals surface area contributed by atoms with Gasteiger partial charge in [-0.3, -0.25) is 19.4 Å². The van der Waals surface area contributed by atoms with Gasteiger partial charge in [-0.15, -0.1) is 0 Å². The predicted molar refractivity (Wildman–Crippen MR) is 147 cm³/mol. The third-order valence-electron chi connectivity index (χ3n) is 6.45. The first kappa shape index (κ1) is 30.6. The highest BCUT2D eigenvalue weighted by atomic mass is 19.1. The van der Waals surface area contributed by atoms with Crippen LogP contribution in [-0.2, 0) is 20.7 Å². The number of halogens is 1. The zero-order valence-electron chi connectivity index (χ0n) is 22.8. The lowest BCUT2D eigenvalue weighted by Gasteiger charge is -2.31. The fourth-order valence-corrected chi connectivity index (χ4v) is 4.24. The molecule has 6 N–H and O–H groups in total. The molecule has 10 nitrogen and oxygen atoms in total. The molecule has 0 fully saturated rings. The molecule has 0 radical (unpaired) electrons. The highest BCUT2D eigenvalue weighted by molar-refractivity contribution is 5.94. The minimum atomic E-state index is -1.07. The Hall–Kier alpha value is -3.96. The van der Waals surface area contributed by atoms with E-state index >= 15 is 0 Å². The van der Waals surface area contributed by atoms with Gasteiger partial charge in [0.25, 0.3) is 5.91 Å². The van der Waals surface area contributed by atoms with Gasteiger partial charge < -0.3 is 26.6 Å². The van der Waals surface area contributed by atoms with Crippen molar-refractivity contribution in [2.45, 2.75) is 70.2 Å². The molecule has 0 bridgehead atoms. The molecular formula is C29H36FN5O5. The van der Waals surface area contributed by atoms with Gasteiger partial charge in [-0.25, -0.2) is 9.37 Å². The number of rotatable bonds is 13. The first-order chi connectivity index (χ1) is 18.8. The average Bonchev–Trinajstić information content (AvgIpc) is 2.88. The molecule has 11 heteroatoms. The van der Waals surface area contributed by atoms with E-state index in [0.717, 1.165) is 0 Å². The molecule has 0 aliphatic carbocycles. The van der Waals surface area contributed by atoms with Gasteiger partial charge in [-0.05, 0) is 76.3 Å². The number of benzene rings is 2. The van der Waals surface area contributed by atoms with Crippen LogP contribution < -0.4 is 16.8 Å². The summed E-state index contributed by atoms with van der Waals surface area (Å²) in [6, 6.07) is 10.9. The molecule has 0 spiro atoms. The number of aromatic nitrogens is 2. The van der Waals surface area contributed by atoms with Crippen molar-refractivity contribution in [2.24, 2.45) is 17.4 Å². The molecule has 0 unspecified atom stereocenters. The van der Waals surface area contributed by atoms with E-state index in [-0.39, 0.29) is 31.4 Å². The molecule has 0 saturated carbocycles. The number of fused-ring (bicyclic) bond motifs is 1. The minimum absolute atomic E-state index is 0.0219. The van der Waals surface area contributed by atoms with E-state index < -0.39 is 53.3 Å². The second-order valence-electron chi connectivity index (χ2n) is 10.6. The quantitative estimate of drug-likeness (QED) is 0.234. The molecule has 3 aromatic rings. The fourth-order valence-electron chi connectivity index (χ4n) is 4.24. The van der Waals surface area contributed by atoms with E-state index in [4.69, 9.17) is 16.2 Å². The molecule has 2 aromatic carbocycles. The Morgan fingerprint density at radius 1 is 1.12 bits per heavy atom. The third-order valence-corrected chi connectivity index (χ3v) is 6.45. The maximum atomic E-state index is 14.0. The second-order valence-corrected chi connectivity index (χ2v) is 10.6. The number of hydrogen-bond acceptors (Lipinski definition) is 8. The summed E-state index contributed by atoms with van der Waals surface area (Å²) in [4.78, 5) is 47.1. The number of para-hydroxylation sites is 2. The van der Waals surface area contributed by atoms with E-state index in [2.05, 4.69) is 15.3 Å². The van der Waals surface area contributed by atoms with Crippen molar-refractivity contribution in [1.82, 2.24) is 15.3 Å². The van der Waals surface area contributed by atoms with E-state index in [1.165, 1.54) is 31.3 Å². The van der Waals surface area contributed by atoms with Crippen LogP contribution in [0.2, 0.25) is 0 Å². The summed E-state index contributed by atoms with van der Waals surface area (Å²) in [6.07, 6.45) is 0.712. The molecule has 1 aromatic heterocycles. The number of carbonyl (C=O) groups is 3. The Morgan fingerprint density at radius 2 is 1.82 bits per heavy atom. The molecule has 2 amide bonds. The van der Waals surface area contributed by atoms with Crippen LogP contribution in [-0.4, -0.2) is 56.6 Å². The van der Waals surface area contributed by atoms with Gasteiger partial charge in [0.2, 0.25) is 5.91 Å². The van der Waals surface area contributed by atoms with Crippen LogP contribution in [0.15, 0.2) is 54.7 Å². The van der Waals surface area contributed by atoms with Crippen molar-refractivity contribution in [1.29, 1.82) is 0 Å². The van der Waals surface area contributed by atoms with Gasteiger partial charge in [0.05, 0.1) is 28.9 Å². The van der Waals surface area contributed by atoms with Crippen LogP contribution in [0.1, 0.15) is 56.1 Å². The van der Waals surface area contributed by atoms with Crippen LogP contribution in [0.3, 0.4) is 0 Å². The van der Waals surface area contributed by atoms with Gasteiger partial charge in [-0.2, -0.15) is 0 Å². The number of carbonyl (C=O) groups excluding carboxylic acids is 3. The van der Waals surface area contributed by atoms with Gasteiger partial charge in [0, 0.05) is 5.92 Å². The van der Waals surface area contributed by atoms with Crippen LogP contribution in [0.4, 0.5) is 4.39 Å². The van der Waals surface area contributed by atoms with Gasteiger partial charge >= 0.3 is 5.97 Å². The zero-order valence-corrected chi connectivity index (χ0v) is 22.8.